The third kappa shape index (κ3) is 7.53. The molecule has 0 fully saturated rings. The number of non-ortho nitro benzene ring substituents is 1. The van der Waals surface area contributed by atoms with Gasteiger partial charge in [-0.05, 0) is 29.3 Å². The van der Waals surface area contributed by atoms with Crippen molar-refractivity contribution in [2.24, 2.45) is 0 Å². The first-order valence-corrected chi connectivity index (χ1v) is 13.7. The summed E-state index contributed by atoms with van der Waals surface area (Å²) in [6.07, 6.45) is 1.08. The Hall–Kier alpha value is -3.96. The molecule has 12 heteroatoms. The number of rotatable bonds is 11. The van der Waals surface area contributed by atoms with Gasteiger partial charge in [0, 0.05) is 37.2 Å². The van der Waals surface area contributed by atoms with Gasteiger partial charge in [0.05, 0.1) is 16.9 Å². The van der Waals surface area contributed by atoms with E-state index in [0.29, 0.717) is 10.6 Å². The van der Waals surface area contributed by atoms with Crippen LogP contribution in [0.2, 0.25) is 5.02 Å². The number of amides is 2. The van der Waals surface area contributed by atoms with Crippen molar-refractivity contribution in [2.75, 3.05) is 24.2 Å². The van der Waals surface area contributed by atoms with Gasteiger partial charge in [0.25, 0.3) is 5.69 Å². The van der Waals surface area contributed by atoms with Crippen LogP contribution in [0.3, 0.4) is 0 Å². The Morgan fingerprint density at radius 1 is 1.00 bits per heavy atom. The zero-order valence-corrected chi connectivity index (χ0v) is 22.4. The highest BCUT2D eigenvalue weighted by Gasteiger charge is 2.32. The lowest BCUT2D eigenvalue weighted by atomic mass is 10.0. The first-order valence-electron chi connectivity index (χ1n) is 11.5. The number of halogens is 1. The second-order valence-corrected chi connectivity index (χ2v) is 10.9. The molecule has 3 aromatic rings. The molecule has 200 valence electrons. The Morgan fingerprint density at radius 2 is 1.66 bits per heavy atom. The van der Waals surface area contributed by atoms with Crippen LogP contribution in [0.5, 0.6) is 0 Å². The fourth-order valence-corrected chi connectivity index (χ4v) is 4.85. The lowest BCUT2D eigenvalue weighted by Crippen LogP contribution is -2.52. The average molecular weight is 559 g/mol. The minimum absolute atomic E-state index is 0.00649. The van der Waals surface area contributed by atoms with Crippen LogP contribution in [0, 0.1) is 10.1 Å². The van der Waals surface area contributed by atoms with E-state index in [1.54, 1.807) is 24.3 Å². The van der Waals surface area contributed by atoms with Crippen molar-refractivity contribution in [2.45, 2.75) is 19.0 Å². The fraction of sp³-hybridized carbons (Fsp3) is 0.231. The summed E-state index contributed by atoms with van der Waals surface area (Å²) in [5.41, 5.74) is 1.11. The number of benzene rings is 3. The van der Waals surface area contributed by atoms with Crippen molar-refractivity contribution in [3.63, 3.8) is 0 Å². The SMILES string of the molecule is CNC(=O)C(Cc1ccccc1)N(Cc1ccc(Cl)cc1)C(=O)CN(c1cccc([N+](=O)[O-])c1)S(C)(=O)=O. The summed E-state index contributed by atoms with van der Waals surface area (Å²) < 4.78 is 26.2. The molecule has 0 spiro atoms. The predicted molar refractivity (Wildman–Crippen MR) is 145 cm³/mol. The number of nitro groups is 1. The van der Waals surface area contributed by atoms with Gasteiger partial charge in [-0.15, -0.1) is 0 Å². The Kier molecular flexibility index (Phi) is 9.43. The monoisotopic (exact) mass is 558 g/mol. The molecule has 0 saturated carbocycles. The van der Waals surface area contributed by atoms with Crippen molar-refractivity contribution in [1.29, 1.82) is 0 Å². The molecule has 0 aromatic heterocycles. The van der Waals surface area contributed by atoms with Crippen LogP contribution in [0.15, 0.2) is 78.9 Å². The van der Waals surface area contributed by atoms with Crippen molar-refractivity contribution in [3.05, 3.63) is 105 Å². The van der Waals surface area contributed by atoms with Gasteiger partial charge in [-0.1, -0.05) is 60.1 Å². The number of nitro benzene ring substituents is 1. The number of carbonyl (C=O) groups is 2. The van der Waals surface area contributed by atoms with Crippen LogP contribution in [0.1, 0.15) is 11.1 Å². The van der Waals surface area contributed by atoms with E-state index in [-0.39, 0.29) is 24.3 Å². The molecule has 2 amide bonds. The molecule has 0 radical (unpaired) electrons. The molecule has 0 aliphatic heterocycles. The molecule has 0 aliphatic carbocycles. The maximum absolute atomic E-state index is 13.8. The Morgan fingerprint density at radius 3 is 2.24 bits per heavy atom. The Bertz CT molecular complexity index is 1400. The van der Waals surface area contributed by atoms with Crippen molar-refractivity contribution >= 4 is 44.8 Å². The van der Waals surface area contributed by atoms with E-state index in [1.165, 1.54) is 30.1 Å². The first-order chi connectivity index (χ1) is 18.0. The van der Waals surface area contributed by atoms with Gasteiger partial charge in [0.1, 0.15) is 12.6 Å². The molecule has 10 nitrogen and oxygen atoms in total. The Balaban J connectivity index is 2.03. The minimum atomic E-state index is -4.03. The standard InChI is InChI=1S/C26H27ClN4O6S/c1-28-26(33)24(15-19-7-4-3-5-8-19)29(17-20-11-13-21(27)14-12-20)25(32)18-30(38(2,36)37)22-9-6-10-23(16-22)31(34)35/h3-14,16,24H,15,17-18H2,1-2H3,(H,28,33). The Labute approximate surface area is 226 Å². The molecule has 0 bridgehead atoms. The van der Waals surface area contributed by atoms with E-state index in [1.807, 2.05) is 30.3 Å². The van der Waals surface area contributed by atoms with Crippen LogP contribution < -0.4 is 9.62 Å². The second-order valence-electron chi connectivity index (χ2n) is 8.51. The van der Waals surface area contributed by atoms with Gasteiger partial charge in [-0.2, -0.15) is 0 Å². The lowest BCUT2D eigenvalue weighted by Gasteiger charge is -2.33. The van der Waals surface area contributed by atoms with E-state index in [9.17, 15) is 28.1 Å². The van der Waals surface area contributed by atoms with E-state index < -0.39 is 39.3 Å². The van der Waals surface area contributed by atoms with Crippen molar-refractivity contribution in [1.82, 2.24) is 10.2 Å². The van der Waals surface area contributed by atoms with E-state index >= 15 is 0 Å². The largest absolute Gasteiger partial charge is 0.357 e. The minimum Gasteiger partial charge on any atom is -0.357 e. The topological polar surface area (TPSA) is 130 Å². The third-order valence-electron chi connectivity index (χ3n) is 5.79. The molecule has 1 unspecified atom stereocenters. The summed E-state index contributed by atoms with van der Waals surface area (Å²) >= 11 is 6.01. The number of sulfonamides is 1. The van der Waals surface area contributed by atoms with E-state index in [4.69, 9.17) is 11.6 Å². The smallest absolute Gasteiger partial charge is 0.271 e. The van der Waals surface area contributed by atoms with E-state index in [2.05, 4.69) is 5.32 Å². The molecule has 0 aliphatic rings. The fourth-order valence-electron chi connectivity index (χ4n) is 3.88. The van der Waals surface area contributed by atoms with Gasteiger partial charge >= 0.3 is 0 Å². The number of nitrogens with zero attached hydrogens (tertiary/aromatic N) is 3. The zero-order chi connectivity index (χ0) is 27.9. The number of likely N-dealkylation sites (N-methyl/N-ethyl adjacent to an activating group) is 1. The molecule has 3 rings (SSSR count). The molecular weight excluding hydrogens is 532 g/mol. The van der Waals surface area contributed by atoms with Crippen molar-refractivity contribution < 1.29 is 22.9 Å². The second kappa shape index (κ2) is 12.5. The number of carbonyl (C=O) groups excluding carboxylic acids is 2. The van der Waals surface area contributed by atoms with Gasteiger partial charge < -0.3 is 10.2 Å². The quantitative estimate of drug-likeness (QED) is 0.283. The summed E-state index contributed by atoms with van der Waals surface area (Å²) in [5, 5.41) is 14.3. The summed E-state index contributed by atoms with van der Waals surface area (Å²) in [4.78, 5) is 38.8. The predicted octanol–water partition coefficient (Wildman–Crippen LogP) is 3.40. The molecular formula is C26H27ClN4O6S. The molecule has 0 saturated heterocycles. The average Bonchev–Trinajstić information content (AvgIpc) is 2.89. The van der Waals surface area contributed by atoms with Crippen LogP contribution in [0.25, 0.3) is 0 Å². The van der Waals surface area contributed by atoms with Crippen LogP contribution >= 0.6 is 11.6 Å². The van der Waals surface area contributed by atoms with Crippen molar-refractivity contribution in [3.8, 4) is 0 Å². The van der Waals surface area contributed by atoms with Crippen LogP contribution in [-0.4, -0.2) is 55.9 Å². The summed E-state index contributed by atoms with van der Waals surface area (Å²) in [5.74, 6) is -1.10. The number of nitrogens with one attached hydrogen (secondary N) is 1. The normalized spacial score (nSPS) is 11.9. The highest BCUT2D eigenvalue weighted by Crippen LogP contribution is 2.24. The highest BCUT2D eigenvalue weighted by atomic mass is 35.5. The number of hydrogen-bond donors (Lipinski definition) is 1. The summed E-state index contributed by atoms with van der Waals surface area (Å²) in [6, 6.07) is 19.9. The zero-order valence-electron chi connectivity index (χ0n) is 20.8. The highest BCUT2D eigenvalue weighted by molar-refractivity contribution is 7.92. The molecule has 0 heterocycles. The van der Waals surface area contributed by atoms with Gasteiger partial charge in [0.15, 0.2) is 0 Å². The van der Waals surface area contributed by atoms with Gasteiger partial charge in [-0.25, -0.2) is 8.42 Å². The first kappa shape index (κ1) is 28.6. The molecule has 3 aromatic carbocycles. The third-order valence-corrected chi connectivity index (χ3v) is 7.18. The number of hydrogen-bond acceptors (Lipinski definition) is 6. The van der Waals surface area contributed by atoms with Gasteiger partial charge in [-0.3, -0.25) is 24.0 Å². The molecule has 1 atom stereocenters. The van der Waals surface area contributed by atoms with E-state index in [0.717, 1.165) is 22.2 Å². The van der Waals surface area contributed by atoms with Crippen LogP contribution in [0.4, 0.5) is 11.4 Å². The summed E-state index contributed by atoms with van der Waals surface area (Å²) in [7, 11) is -2.58. The maximum atomic E-state index is 13.8. The lowest BCUT2D eigenvalue weighted by molar-refractivity contribution is -0.384. The van der Waals surface area contributed by atoms with Gasteiger partial charge in [0.2, 0.25) is 21.8 Å². The van der Waals surface area contributed by atoms with Crippen LogP contribution in [-0.2, 0) is 32.6 Å². The molecule has 1 N–H and O–H groups in total. The number of anilines is 1. The maximum Gasteiger partial charge on any atom is 0.271 e. The summed E-state index contributed by atoms with van der Waals surface area (Å²) in [6.45, 7) is -0.677. The molecule has 38 heavy (non-hydrogen) atoms.